The Morgan fingerprint density at radius 2 is 2.33 bits per heavy atom. The molecule has 21 heavy (non-hydrogen) atoms. The van der Waals surface area contributed by atoms with Crippen LogP contribution in [0.1, 0.15) is 29.4 Å². The summed E-state index contributed by atoms with van der Waals surface area (Å²) in [4.78, 5) is 9.98. The number of hydrogen-bond acceptors (Lipinski definition) is 3. The van der Waals surface area contributed by atoms with Crippen LogP contribution in [0, 0.1) is 12.7 Å². The minimum absolute atomic E-state index is 0.202. The lowest BCUT2D eigenvalue weighted by molar-refractivity contribution is 0.319. The van der Waals surface area contributed by atoms with E-state index < -0.39 is 0 Å². The molecule has 1 aliphatic rings. The Morgan fingerprint density at radius 3 is 3.00 bits per heavy atom. The van der Waals surface area contributed by atoms with Crippen LogP contribution in [0.15, 0.2) is 24.4 Å². The first kappa shape index (κ1) is 14.1. The van der Waals surface area contributed by atoms with Crippen molar-refractivity contribution in [1.82, 2.24) is 14.9 Å². The average Bonchev–Trinajstić information content (AvgIpc) is 3.10. The maximum atomic E-state index is 14.0. The van der Waals surface area contributed by atoms with Crippen LogP contribution >= 0.6 is 0 Å². The number of nitrogens with one attached hydrogen (secondary N) is 1. The van der Waals surface area contributed by atoms with Crippen LogP contribution in [0.4, 0.5) is 4.39 Å². The number of nitrogens with zero attached hydrogens (tertiary/aromatic N) is 2. The Bertz CT molecular complexity index is 626. The molecule has 0 bridgehead atoms. The predicted molar refractivity (Wildman–Crippen MR) is 78.9 cm³/mol. The van der Waals surface area contributed by atoms with Gasteiger partial charge in [-0.3, -0.25) is 4.90 Å². The molecule has 1 aromatic heterocycles. The zero-order chi connectivity index (χ0) is 14.8. The van der Waals surface area contributed by atoms with E-state index in [1.54, 1.807) is 13.2 Å². The average molecular weight is 289 g/mol. The summed E-state index contributed by atoms with van der Waals surface area (Å²) in [7, 11) is 1.55. The number of ether oxygens (including phenoxy) is 1. The standard InChI is InChI=1S/C16H20FN3O/c1-11-8-18-16(19-11)13-5-6-20(10-13)9-12-3-4-14(21-2)7-15(12)17/h3-4,7-8,13H,5-6,9-10H2,1-2H3,(H,18,19). The van der Waals surface area contributed by atoms with Crippen molar-refractivity contribution in [3.05, 3.63) is 47.3 Å². The molecular formula is C16H20FN3O. The number of imidazole rings is 1. The van der Waals surface area contributed by atoms with E-state index in [9.17, 15) is 4.39 Å². The number of benzene rings is 1. The molecule has 0 aliphatic carbocycles. The van der Waals surface area contributed by atoms with Gasteiger partial charge in [0.1, 0.15) is 17.4 Å². The van der Waals surface area contributed by atoms with Gasteiger partial charge in [0.15, 0.2) is 0 Å². The summed E-state index contributed by atoms with van der Waals surface area (Å²) < 4.78 is 19.0. The molecule has 2 heterocycles. The zero-order valence-corrected chi connectivity index (χ0v) is 12.4. The maximum absolute atomic E-state index is 14.0. The minimum atomic E-state index is -0.202. The minimum Gasteiger partial charge on any atom is -0.497 e. The van der Waals surface area contributed by atoms with E-state index in [-0.39, 0.29) is 5.82 Å². The maximum Gasteiger partial charge on any atom is 0.131 e. The van der Waals surface area contributed by atoms with Crippen LogP contribution in [0.5, 0.6) is 5.75 Å². The fourth-order valence-corrected chi connectivity index (χ4v) is 2.86. The SMILES string of the molecule is COc1ccc(CN2CCC(c3ncc(C)[nH]3)C2)c(F)c1. The molecule has 1 unspecified atom stereocenters. The molecule has 1 saturated heterocycles. The van der Waals surface area contributed by atoms with Gasteiger partial charge >= 0.3 is 0 Å². The summed E-state index contributed by atoms with van der Waals surface area (Å²) in [5.74, 6) is 1.82. The highest BCUT2D eigenvalue weighted by Crippen LogP contribution is 2.27. The molecule has 3 rings (SSSR count). The summed E-state index contributed by atoms with van der Waals surface area (Å²) in [5.41, 5.74) is 1.80. The van der Waals surface area contributed by atoms with Gasteiger partial charge in [-0.15, -0.1) is 0 Å². The number of methoxy groups -OCH3 is 1. The van der Waals surface area contributed by atoms with Crippen molar-refractivity contribution in [2.45, 2.75) is 25.8 Å². The lowest BCUT2D eigenvalue weighted by atomic mass is 10.1. The summed E-state index contributed by atoms with van der Waals surface area (Å²) in [6.07, 6.45) is 2.92. The molecule has 1 aromatic carbocycles. The van der Waals surface area contributed by atoms with Crippen molar-refractivity contribution in [2.75, 3.05) is 20.2 Å². The number of aromatic nitrogens is 2. The van der Waals surface area contributed by atoms with Crippen LogP contribution in [-0.4, -0.2) is 35.1 Å². The van der Waals surface area contributed by atoms with Gasteiger partial charge in [-0.1, -0.05) is 6.07 Å². The fourth-order valence-electron chi connectivity index (χ4n) is 2.86. The van der Waals surface area contributed by atoms with Crippen molar-refractivity contribution in [3.8, 4) is 5.75 Å². The first-order valence-electron chi connectivity index (χ1n) is 7.22. The third-order valence-corrected chi connectivity index (χ3v) is 4.04. The molecule has 1 N–H and O–H groups in total. The van der Waals surface area contributed by atoms with Gasteiger partial charge in [0.05, 0.1) is 7.11 Å². The smallest absolute Gasteiger partial charge is 0.131 e. The Kier molecular flexibility index (Phi) is 3.92. The second-order valence-electron chi connectivity index (χ2n) is 5.63. The molecule has 1 aliphatic heterocycles. The quantitative estimate of drug-likeness (QED) is 0.941. The molecule has 0 spiro atoms. The highest BCUT2D eigenvalue weighted by molar-refractivity contribution is 5.29. The van der Waals surface area contributed by atoms with Crippen LogP contribution in [0.2, 0.25) is 0 Å². The van der Waals surface area contributed by atoms with E-state index >= 15 is 0 Å². The zero-order valence-electron chi connectivity index (χ0n) is 12.4. The van der Waals surface area contributed by atoms with Crippen molar-refractivity contribution in [3.63, 3.8) is 0 Å². The highest BCUT2D eigenvalue weighted by atomic mass is 19.1. The summed E-state index contributed by atoms with van der Waals surface area (Å²) in [6, 6.07) is 5.05. The number of likely N-dealkylation sites (tertiary alicyclic amines) is 1. The number of rotatable bonds is 4. The number of halogens is 1. The van der Waals surface area contributed by atoms with E-state index in [1.165, 1.54) is 6.07 Å². The number of aryl methyl sites for hydroxylation is 1. The second-order valence-corrected chi connectivity index (χ2v) is 5.63. The van der Waals surface area contributed by atoms with Crippen LogP contribution < -0.4 is 4.74 Å². The van der Waals surface area contributed by atoms with Gasteiger partial charge in [-0.2, -0.15) is 0 Å². The lowest BCUT2D eigenvalue weighted by Gasteiger charge is -2.16. The van der Waals surface area contributed by atoms with Crippen LogP contribution in [0.25, 0.3) is 0 Å². The molecule has 2 aromatic rings. The topological polar surface area (TPSA) is 41.1 Å². The predicted octanol–water partition coefficient (Wildman–Crippen LogP) is 2.86. The molecule has 112 valence electrons. The monoisotopic (exact) mass is 289 g/mol. The van der Waals surface area contributed by atoms with Gasteiger partial charge in [-0.05, 0) is 26.0 Å². The van der Waals surface area contributed by atoms with Crippen LogP contribution in [-0.2, 0) is 6.54 Å². The molecule has 5 heteroatoms. The molecule has 1 atom stereocenters. The normalized spacial score (nSPS) is 19.1. The van der Waals surface area contributed by atoms with Crippen molar-refractivity contribution in [1.29, 1.82) is 0 Å². The van der Waals surface area contributed by atoms with Gasteiger partial charge < -0.3 is 9.72 Å². The molecule has 1 fully saturated rings. The summed E-state index contributed by atoms with van der Waals surface area (Å²) in [5, 5.41) is 0. The molecule has 0 radical (unpaired) electrons. The van der Waals surface area contributed by atoms with Crippen molar-refractivity contribution < 1.29 is 9.13 Å². The number of hydrogen-bond donors (Lipinski definition) is 1. The summed E-state index contributed by atoms with van der Waals surface area (Å²) in [6.45, 7) is 4.52. The summed E-state index contributed by atoms with van der Waals surface area (Å²) >= 11 is 0. The number of H-pyrrole nitrogens is 1. The largest absolute Gasteiger partial charge is 0.497 e. The molecule has 0 saturated carbocycles. The third-order valence-electron chi connectivity index (χ3n) is 4.04. The third kappa shape index (κ3) is 3.08. The van der Waals surface area contributed by atoms with Crippen molar-refractivity contribution >= 4 is 0 Å². The highest BCUT2D eigenvalue weighted by Gasteiger charge is 2.26. The first-order valence-corrected chi connectivity index (χ1v) is 7.22. The van der Waals surface area contributed by atoms with E-state index in [0.29, 0.717) is 23.8 Å². The number of aromatic amines is 1. The Morgan fingerprint density at radius 1 is 1.48 bits per heavy atom. The van der Waals surface area contributed by atoms with E-state index in [4.69, 9.17) is 4.74 Å². The Hall–Kier alpha value is -1.88. The van der Waals surface area contributed by atoms with Gasteiger partial charge in [0.25, 0.3) is 0 Å². The van der Waals surface area contributed by atoms with E-state index in [0.717, 1.165) is 31.0 Å². The Balaban J connectivity index is 1.64. The lowest BCUT2D eigenvalue weighted by Crippen LogP contribution is -2.20. The van der Waals surface area contributed by atoms with Crippen molar-refractivity contribution in [2.24, 2.45) is 0 Å². The first-order chi connectivity index (χ1) is 10.2. The van der Waals surface area contributed by atoms with E-state index in [2.05, 4.69) is 14.9 Å². The molecule has 4 nitrogen and oxygen atoms in total. The molecule has 0 amide bonds. The van der Waals surface area contributed by atoms with Gasteiger partial charge in [-0.25, -0.2) is 9.37 Å². The van der Waals surface area contributed by atoms with Gasteiger partial charge in [0, 0.05) is 42.5 Å². The molecular weight excluding hydrogens is 269 g/mol. The van der Waals surface area contributed by atoms with Crippen LogP contribution in [0.3, 0.4) is 0 Å². The van der Waals surface area contributed by atoms with E-state index in [1.807, 2.05) is 19.2 Å². The second kappa shape index (κ2) is 5.85. The fraction of sp³-hybridized carbons (Fsp3) is 0.438. The Labute approximate surface area is 124 Å². The van der Waals surface area contributed by atoms with Gasteiger partial charge in [0.2, 0.25) is 0 Å².